The summed E-state index contributed by atoms with van der Waals surface area (Å²) in [4.78, 5) is 43.9. The molecular weight excluding hydrogens is 453 g/mol. The molecule has 3 rings (SSSR count). The summed E-state index contributed by atoms with van der Waals surface area (Å²) >= 11 is 0. The largest absolute Gasteiger partial charge is 0.463 e. The molecule has 9 nitrogen and oxygen atoms in total. The molecule has 4 amide bonds. The van der Waals surface area contributed by atoms with Crippen molar-refractivity contribution in [3.63, 3.8) is 0 Å². The highest BCUT2D eigenvalue weighted by atomic mass is 19.1. The first-order valence-corrected chi connectivity index (χ1v) is 12.0. The second-order valence-corrected chi connectivity index (χ2v) is 8.41. The van der Waals surface area contributed by atoms with Gasteiger partial charge in [-0.15, -0.1) is 6.58 Å². The van der Waals surface area contributed by atoms with Crippen LogP contribution in [0.5, 0.6) is 0 Å². The van der Waals surface area contributed by atoms with Crippen LogP contribution in [0.15, 0.2) is 48.2 Å². The van der Waals surface area contributed by atoms with E-state index < -0.39 is 23.9 Å². The number of carbonyl (C=O) groups is 3. The van der Waals surface area contributed by atoms with Crippen LogP contribution in [0.1, 0.15) is 31.9 Å². The van der Waals surface area contributed by atoms with E-state index >= 15 is 0 Å². The number of nitrogens with zero attached hydrogens (tertiary/aromatic N) is 3. The average molecular weight is 488 g/mol. The molecule has 2 N–H and O–H groups in total. The second kappa shape index (κ2) is 12.3. The number of carbonyl (C=O) groups excluding carboxylic acids is 3. The van der Waals surface area contributed by atoms with Crippen LogP contribution in [0.25, 0.3) is 0 Å². The standard InChI is InChI=1S/C25H34FN5O4/c1-4-10-27-24(33)30-14-12-29(13-15-30)17-20-21(23(32)35-6-3)22(18-8-7-9-19(26)16-18)28-25(34)31(20)11-5-2/h5,7-9,16,22H,2,4,6,10-15,17H2,1,3H3,(H,27,33)(H,28,34)/t22-/m0/s1. The first-order valence-electron chi connectivity index (χ1n) is 12.0. The van der Waals surface area contributed by atoms with E-state index in [1.807, 2.05) is 6.92 Å². The Bertz CT molecular complexity index is 974. The summed E-state index contributed by atoms with van der Waals surface area (Å²) in [6.07, 6.45) is 2.45. The number of amides is 4. The third kappa shape index (κ3) is 6.39. The molecule has 1 atom stereocenters. The minimum atomic E-state index is -0.852. The van der Waals surface area contributed by atoms with E-state index in [2.05, 4.69) is 22.1 Å². The molecule has 190 valence electrons. The van der Waals surface area contributed by atoms with Gasteiger partial charge in [0.25, 0.3) is 0 Å². The van der Waals surface area contributed by atoms with Crippen molar-refractivity contribution in [2.75, 3.05) is 52.4 Å². The molecule has 0 unspecified atom stereocenters. The van der Waals surface area contributed by atoms with E-state index in [0.29, 0.717) is 50.5 Å². The molecule has 2 aliphatic rings. The minimum absolute atomic E-state index is 0.0885. The Morgan fingerprint density at radius 1 is 1.26 bits per heavy atom. The van der Waals surface area contributed by atoms with Crippen molar-refractivity contribution in [2.24, 2.45) is 0 Å². The molecule has 1 saturated heterocycles. The van der Waals surface area contributed by atoms with E-state index in [1.165, 1.54) is 23.1 Å². The van der Waals surface area contributed by atoms with Gasteiger partial charge >= 0.3 is 18.0 Å². The highest BCUT2D eigenvalue weighted by molar-refractivity contribution is 5.95. The fourth-order valence-corrected chi connectivity index (χ4v) is 4.25. The Hall–Kier alpha value is -3.40. The predicted octanol–water partition coefficient (Wildman–Crippen LogP) is 2.63. The summed E-state index contributed by atoms with van der Waals surface area (Å²) in [6.45, 7) is 10.9. The SMILES string of the molecule is C=CCN1C(=O)N[C@@H](c2cccc(F)c2)C(C(=O)OCC)=C1CN1CCN(C(=O)NCCC)CC1. The number of urea groups is 2. The Morgan fingerprint density at radius 3 is 2.63 bits per heavy atom. The van der Waals surface area contributed by atoms with E-state index in [-0.39, 0.29) is 24.8 Å². The molecule has 0 aromatic heterocycles. The maximum atomic E-state index is 14.0. The topological polar surface area (TPSA) is 94.2 Å². The summed E-state index contributed by atoms with van der Waals surface area (Å²) < 4.78 is 19.4. The summed E-state index contributed by atoms with van der Waals surface area (Å²) in [6, 6.07) is 4.48. The monoisotopic (exact) mass is 487 g/mol. The third-order valence-corrected chi connectivity index (χ3v) is 5.99. The van der Waals surface area contributed by atoms with Crippen LogP contribution in [0, 0.1) is 5.82 Å². The number of benzene rings is 1. The number of rotatable bonds is 9. The molecule has 1 aromatic rings. The molecule has 1 aromatic carbocycles. The lowest BCUT2D eigenvalue weighted by Gasteiger charge is -2.40. The molecular formula is C25H34FN5O4. The van der Waals surface area contributed by atoms with Gasteiger partial charge in [-0.2, -0.15) is 0 Å². The first kappa shape index (κ1) is 26.2. The molecule has 0 aliphatic carbocycles. The second-order valence-electron chi connectivity index (χ2n) is 8.41. The number of piperazine rings is 1. The number of ether oxygens (including phenoxy) is 1. The number of hydrogen-bond acceptors (Lipinski definition) is 5. The summed E-state index contributed by atoms with van der Waals surface area (Å²) in [5, 5.41) is 5.71. The maximum Gasteiger partial charge on any atom is 0.338 e. The van der Waals surface area contributed by atoms with Gasteiger partial charge in [0.05, 0.1) is 18.2 Å². The molecule has 0 saturated carbocycles. The Kier molecular flexibility index (Phi) is 9.25. The molecule has 35 heavy (non-hydrogen) atoms. The molecule has 0 spiro atoms. The van der Waals surface area contributed by atoms with E-state index in [0.717, 1.165) is 6.42 Å². The third-order valence-electron chi connectivity index (χ3n) is 5.99. The normalized spacial score (nSPS) is 18.8. The van der Waals surface area contributed by atoms with E-state index in [1.54, 1.807) is 24.0 Å². The molecule has 2 heterocycles. The van der Waals surface area contributed by atoms with Gasteiger partial charge in [-0.1, -0.05) is 25.1 Å². The zero-order chi connectivity index (χ0) is 25.4. The van der Waals surface area contributed by atoms with Gasteiger partial charge in [0, 0.05) is 51.5 Å². The fraction of sp³-hybridized carbons (Fsp3) is 0.480. The quantitative estimate of drug-likeness (QED) is 0.413. The van der Waals surface area contributed by atoms with Gasteiger partial charge in [-0.05, 0) is 31.0 Å². The Balaban J connectivity index is 1.92. The van der Waals surface area contributed by atoms with Crippen molar-refractivity contribution in [1.29, 1.82) is 0 Å². The lowest BCUT2D eigenvalue weighted by atomic mass is 9.94. The number of halogens is 1. The highest BCUT2D eigenvalue weighted by Gasteiger charge is 2.39. The van der Waals surface area contributed by atoms with Crippen LogP contribution in [-0.2, 0) is 9.53 Å². The zero-order valence-electron chi connectivity index (χ0n) is 20.4. The van der Waals surface area contributed by atoms with Gasteiger partial charge in [0.2, 0.25) is 0 Å². The van der Waals surface area contributed by atoms with Crippen molar-refractivity contribution in [1.82, 2.24) is 25.3 Å². The average Bonchev–Trinajstić information content (AvgIpc) is 2.85. The van der Waals surface area contributed by atoms with Crippen LogP contribution in [0.3, 0.4) is 0 Å². The van der Waals surface area contributed by atoms with Crippen LogP contribution in [-0.4, -0.2) is 85.2 Å². The van der Waals surface area contributed by atoms with Gasteiger partial charge in [0.1, 0.15) is 5.82 Å². The molecule has 0 radical (unpaired) electrons. The van der Waals surface area contributed by atoms with Crippen molar-refractivity contribution in [2.45, 2.75) is 26.3 Å². The molecule has 1 fully saturated rings. The summed E-state index contributed by atoms with van der Waals surface area (Å²) in [5.41, 5.74) is 1.21. The summed E-state index contributed by atoms with van der Waals surface area (Å²) in [5.74, 6) is -1.03. The van der Waals surface area contributed by atoms with Crippen molar-refractivity contribution in [3.05, 3.63) is 59.6 Å². The van der Waals surface area contributed by atoms with Gasteiger partial charge < -0.3 is 20.3 Å². The molecule has 0 bridgehead atoms. The number of esters is 1. The Morgan fingerprint density at radius 2 is 2.00 bits per heavy atom. The van der Waals surface area contributed by atoms with Gasteiger partial charge in [-0.25, -0.2) is 18.8 Å². The molecule has 2 aliphatic heterocycles. The highest BCUT2D eigenvalue weighted by Crippen LogP contribution is 2.32. The number of hydrogen-bond donors (Lipinski definition) is 2. The van der Waals surface area contributed by atoms with E-state index in [9.17, 15) is 18.8 Å². The Labute approximate surface area is 205 Å². The van der Waals surface area contributed by atoms with Crippen molar-refractivity contribution < 1.29 is 23.5 Å². The van der Waals surface area contributed by atoms with Crippen LogP contribution < -0.4 is 10.6 Å². The minimum Gasteiger partial charge on any atom is -0.463 e. The van der Waals surface area contributed by atoms with E-state index in [4.69, 9.17) is 4.74 Å². The predicted molar refractivity (Wildman–Crippen MR) is 130 cm³/mol. The van der Waals surface area contributed by atoms with Gasteiger partial charge in [0.15, 0.2) is 0 Å². The lowest BCUT2D eigenvalue weighted by Crippen LogP contribution is -2.55. The first-order chi connectivity index (χ1) is 16.9. The lowest BCUT2D eigenvalue weighted by molar-refractivity contribution is -0.139. The van der Waals surface area contributed by atoms with Crippen molar-refractivity contribution in [3.8, 4) is 0 Å². The number of nitrogens with one attached hydrogen (secondary N) is 2. The van der Waals surface area contributed by atoms with Crippen LogP contribution in [0.2, 0.25) is 0 Å². The van der Waals surface area contributed by atoms with Crippen LogP contribution in [0.4, 0.5) is 14.0 Å². The summed E-state index contributed by atoms with van der Waals surface area (Å²) in [7, 11) is 0. The zero-order valence-corrected chi connectivity index (χ0v) is 20.4. The molecule has 10 heteroatoms. The van der Waals surface area contributed by atoms with Gasteiger partial charge in [-0.3, -0.25) is 9.80 Å². The maximum absolute atomic E-state index is 14.0. The fourth-order valence-electron chi connectivity index (χ4n) is 4.25. The smallest absolute Gasteiger partial charge is 0.338 e. The van der Waals surface area contributed by atoms with Crippen LogP contribution >= 0.6 is 0 Å². The van der Waals surface area contributed by atoms with Crippen molar-refractivity contribution >= 4 is 18.0 Å².